The van der Waals surface area contributed by atoms with E-state index >= 15 is 0 Å². The van der Waals surface area contributed by atoms with Gasteiger partial charge in [0.2, 0.25) is 0 Å². The fourth-order valence-corrected chi connectivity index (χ4v) is 4.84. The Balaban J connectivity index is 1.80. The summed E-state index contributed by atoms with van der Waals surface area (Å²) in [5, 5.41) is 11.4. The highest BCUT2D eigenvalue weighted by Gasteiger charge is 2.46. The number of aryl methyl sites for hydroxylation is 1. The highest BCUT2D eigenvalue weighted by Crippen LogP contribution is 2.41. The Kier molecular flexibility index (Phi) is 8.46. The highest BCUT2D eigenvalue weighted by molar-refractivity contribution is 6.46. The van der Waals surface area contributed by atoms with Gasteiger partial charge in [0.25, 0.3) is 11.7 Å². The van der Waals surface area contributed by atoms with Gasteiger partial charge in [0, 0.05) is 30.5 Å². The minimum Gasteiger partial charge on any atom is -0.507 e. The van der Waals surface area contributed by atoms with Crippen molar-refractivity contribution in [1.82, 2.24) is 9.88 Å². The molecule has 3 aromatic rings. The number of likely N-dealkylation sites (tertiary alicyclic amines) is 1. The molecule has 38 heavy (non-hydrogen) atoms. The van der Waals surface area contributed by atoms with Crippen molar-refractivity contribution >= 4 is 23.1 Å². The summed E-state index contributed by atoms with van der Waals surface area (Å²) < 4.78 is 5.77. The maximum atomic E-state index is 13.4. The number of ketones is 1. The zero-order valence-corrected chi connectivity index (χ0v) is 22.5. The lowest BCUT2D eigenvalue weighted by Gasteiger charge is -2.26. The molecule has 1 aliphatic heterocycles. The zero-order valence-electron chi connectivity index (χ0n) is 22.5. The molecule has 7 heteroatoms. The van der Waals surface area contributed by atoms with Crippen molar-refractivity contribution in [3.63, 3.8) is 0 Å². The van der Waals surface area contributed by atoms with E-state index in [-0.39, 0.29) is 17.9 Å². The van der Waals surface area contributed by atoms with Gasteiger partial charge in [-0.25, -0.2) is 0 Å². The number of pyridine rings is 1. The maximum Gasteiger partial charge on any atom is 0.296 e. The van der Waals surface area contributed by atoms with Crippen molar-refractivity contribution in [2.45, 2.75) is 46.7 Å². The molecular formula is C31H35N3O4. The van der Waals surface area contributed by atoms with Crippen LogP contribution in [-0.2, 0) is 16.1 Å². The predicted octanol–water partition coefficient (Wildman–Crippen LogP) is 5.65. The summed E-state index contributed by atoms with van der Waals surface area (Å²) in [4.78, 5) is 34.8. The van der Waals surface area contributed by atoms with E-state index in [2.05, 4.69) is 23.7 Å². The average Bonchev–Trinajstić information content (AvgIpc) is 3.18. The third-order valence-electron chi connectivity index (χ3n) is 6.85. The summed E-state index contributed by atoms with van der Waals surface area (Å²) >= 11 is 0. The van der Waals surface area contributed by atoms with Gasteiger partial charge in [-0.05, 0) is 80.8 Å². The molecule has 1 fully saturated rings. The van der Waals surface area contributed by atoms with Crippen LogP contribution in [0.4, 0.5) is 5.69 Å². The summed E-state index contributed by atoms with van der Waals surface area (Å²) in [5.74, 6) is -0.841. The summed E-state index contributed by atoms with van der Waals surface area (Å²) in [7, 11) is 0. The molecule has 0 spiro atoms. The summed E-state index contributed by atoms with van der Waals surface area (Å²) in [5.41, 5.74) is 3.84. The van der Waals surface area contributed by atoms with Gasteiger partial charge in [-0.2, -0.15) is 0 Å². The van der Waals surface area contributed by atoms with Crippen LogP contribution in [0, 0.1) is 6.92 Å². The molecule has 0 bridgehead atoms. The Morgan fingerprint density at radius 2 is 1.76 bits per heavy atom. The standard InChI is InChI=1S/C31H35N3O4/c1-5-18-38-26-16-13-23(19-21(26)4)29(35)27-28(22-11-14-25(15-12-22)33(6-2)7-3)34(31(37)30(27)36)20-24-10-8-9-17-32-24/h8-17,19,28,35H,5-7,18,20H2,1-4H3/b29-27-. The van der Waals surface area contributed by atoms with E-state index < -0.39 is 17.7 Å². The summed E-state index contributed by atoms with van der Waals surface area (Å²) in [6.07, 6.45) is 2.54. The van der Waals surface area contributed by atoms with Crippen LogP contribution < -0.4 is 9.64 Å². The molecular weight excluding hydrogens is 478 g/mol. The quantitative estimate of drug-likeness (QED) is 0.214. The normalized spacial score (nSPS) is 16.6. The second kappa shape index (κ2) is 11.9. The Hall–Kier alpha value is -4.13. The van der Waals surface area contributed by atoms with Gasteiger partial charge in [0.15, 0.2) is 0 Å². The molecule has 1 aliphatic rings. The van der Waals surface area contributed by atoms with E-state index in [1.54, 1.807) is 30.5 Å². The van der Waals surface area contributed by atoms with Crippen LogP contribution >= 0.6 is 0 Å². The molecule has 1 saturated heterocycles. The molecule has 4 rings (SSSR count). The Labute approximate surface area is 224 Å². The SMILES string of the molecule is CCCOc1ccc(/C(O)=C2/C(=O)C(=O)N(Cc3ccccn3)C2c2ccc(N(CC)CC)cc2)cc1C. The van der Waals surface area contributed by atoms with E-state index in [1.165, 1.54) is 4.90 Å². The first-order valence-electron chi connectivity index (χ1n) is 13.2. The van der Waals surface area contributed by atoms with Crippen LogP contribution in [0.25, 0.3) is 5.76 Å². The third kappa shape index (κ3) is 5.42. The van der Waals surface area contributed by atoms with Gasteiger partial charge in [0.1, 0.15) is 11.5 Å². The molecule has 1 amide bonds. The van der Waals surface area contributed by atoms with E-state index in [0.717, 1.165) is 42.1 Å². The van der Waals surface area contributed by atoms with Crippen molar-refractivity contribution in [2.75, 3.05) is 24.6 Å². The Morgan fingerprint density at radius 3 is 2.37 bits per heavy atom. The maximum absolute atomic E-state index is 13.4. The number of carbonyl (C=O) groups is 2. The smallest absolute Gasteiger partial charge is 0.296 e. The lowest BCUT2D eigenvalue weighted by atomic mass is 9.94. The van der Waals surface area contributed by atoms with Crippen LogP contribution in [0.15, 0.2) is 72.4 Å². The molecule has 0 radical (unpaired) electrons. The predicted molar refractivity (Wildman–Crippen MR) is 149 cm³/mol. The molecule has 1 N–H and O–H groups in total. The third-order valence-corrected chi connectivity index (χ3v) is 6.85. The topological polar surface area (TPSA) is 83.0 Å². The number of ether oxygens (including phenoxy) is 1. The van der Waals surface area contributed by atoms with E-state index in [0.29, 0.717) is 17.9 Å². The summed E-state index contributed by atoms with van der Waals surface area (Å²) in [6.45, 7) is 10.6. The number of hydrogen-bond donors (Lipinski definition) is 1. The van der Waals surface area contributed by atoms with Gasteiger partial charge < -0.3 is 19.6 Å². The molecule has 0 aliphatic carbocycles. The van der Waals surface area contributed by atoms with Crippen molar-refractivity contribution in [2.24, 2.45) is 0 Å². The zero-order chi connectivity index (χ0) is 27.2. The number of Topliss-reactive ketones (excluding diaryl/α,β-unsaturated/α-hetero) is 1. The number of benzene rings is 2. The van der Waals surface area contributed by atoms with E-state index in [4.69, 9.17) is 4.74 Å². The van der Waals surface area contributed by atoms with Gasteiger partial charge >= 0.3 is 0 Å². The molecule has 198 valence electrons. The molecule has 0 saturated carbocycles. The molecule has 7 nitrogen and oxygen atoms in total. The molecule has 2 aromatic carbocycles. The molecule has 1 aromatic heterocycles. The van der Waals surface area contributed by atoms with E-state index in [9.17, 15) is 14.7 Å². The Morgan fingerprint density at radius 1 is 1.03 bits per heavy atom. The average molecular weight is 514 g/mol. The minimum absolute atomic E-state index is 0.0724. The van der Waals surface area contributed by atoms with Crippen molar-refractivity contribution < 1.29 is 19.4 Å². The van der Waals surface area contributed by atoms with Crippen LogP contribution in [0.3, 0.4) is 0 Å². The van der Waals surface area contributed by atoms with Crippen molar-refractivity contribution in [3.8, 4) is 5.75 Å². The molecule has 1 atom stereocenters. The van der Waals surface area contributed by atoms with Gasteiger partial charge in [0.05, 0.1) is 30.5 Å². The van der Waals surface area contributed by atoms with Crippen molar-refractivity contribution in [3.05, 3.63) is 94.8 Å². The van der Waals surface area contributed by atoms with E-state index in [1.807, 2.05) is 50.2 Å². The second-order valence-corrected chi connectivity index (χ2v) is 9.34. The fourth-order valence-electron chi connectivity index (χ4n) is 4.84. The van der Waals surface area contributed by atoms with Crippen molar-refractivity contribution in [1.29, 1.82) is 0 Å². The van der Waals surface area contributed by atoms with Crippen LogP contribution in [0.2, 0.25) is 0 Å². The van der Waals surface area contributed by atoms with Gasteiger partial charge in [-0.15, -0.1) is 0 Å². The van der Waals surface area contributed by atoms with Gasteiger partial charge in [-0.1, -0.05) is 25.1 Å². The fraction of sp³-hybridized carbons (Fsp3) is 0.323. The first-order valence-corrected chi connectivity index (χ1v) is 13.2. The number of anilines is 1. The second-order valence-electron chi connectivity index (χ2n) is 9.34. The number of aliphatic hydroxyl groups excluding tert-OH is 1. The molecule has 2 heterocycles. The first-order chi connectivity index (χ1) is 18.4. The number of amides is 1. The molecule has 1 unspecified atom stereocenters. The van der Waals surface area contributed by atoms with Crippen LogP contribution in [0.5, 0.6) is 5.75 Å². The number of rotatable bonds is 10. The van der Waals surface area contributed by atoms with Gasteiger partial charge in [-0.3, -0.25) is 14.6 Å². The largest absolute Gasteiger partial charge is 0.507 e. The number of carbonyl (C=O) groups excluding carboxylic acids is 2. The number of nitrogens with zero attached hydrogens (tertiary/aromatic N) is 3. The number of aromatic nitrogens is 1. The monoisotopic (exact) mass is 513 g/mol. The first kappa shape index (κ1) is 26.9. The number of hydrogen-bond acceptors (Lipinski definition) is 6. The summed E-state index contributed by atoms with van der Waals surface area (Å²) in [6, 6.07) is 17.9. The number of aliphatic hydroxyl groups is 1. The Bertz CT molecular complexity index is 1310. The van der Waals surface area contributed by atoms with Crippen LogP contribution in [0.1, 0.15) is 55.6 Å². The highest BCUT2D eigenvalue weighted by atomic mass is 16.5. The minimum atomic E-state index is -0.751. The lowest BCUT2D eigenvalue weighted by Crippen LogP contribution is -2.29. The lowest BCUT2D eigenvalue weighted by molar-refractivity contribution is -0.140. The van der Waals surface area contributed by atoms with Crippen LogP contribution in [-0.4, -0.2) is 46.4 Å².